The van der Waals surface area contributed by atoms with Gasteiger partial charge in [-0.1, -0.05) is 16.1 Å². The number of anilines is 2. The van der Waals surface area contributed by atoms with Crippen molar-refractivity contribution in [2.45, 2.75) is 38.6 Å². The molecule has 4 aromatic rings. The van der Waals surface area contributed by atoms with Crippen LogP contribution in [0.5, 0.6) is 0 Å². The quantitative estimate of drug-likeness (QED) is 0.382. The Morgan fingerprint density at radius 1 is 1.35 bits per heavy atom. The van der Waals surface area contributed by atoms with Crippen molar-refractivity contribution in [1.29, 1.82) is 0 Å². The molecule has 5 rings (SSSR count). The highest BCUT2D eigenvalue weighted by Gasteiger charge is 2.35. The fourth-order valence-electron chi connectivity index (χ4n) is 4.46. The van der Waals surface area contributed by atoms with E-state index in [9.17, 15) is 4.79 Å². The number of nitrogens with one attached hydrogen (secondary N) is 1. The lowest BCUT2D eigenvalue weighted by atomic mass is 9.86. The van der Waals surface area contributed by atoms with Crippen molar-refractivity contribution in [3.8, 4) is 0 Å². The van der Waals surface area contributed by atoms with E-state index < -0.39 is 0 Å². The molecule has 8 nitrogen and oxygen atoms in total. The molecule has 178 valence electrons. The summed E-state index contributed by atoms with van der Waals surface area (Å²) < 4.78 is 10.3. The highest BCUT2D eigenvalue weighted by molar-refractivity contribution is 7.19. The van der Waals surface area contributed by atoms with Gasteiger partial charge in [0.25, 0.3) is 0 Å². The van der Waals surface area contributed by atoms with Crippen molar-refractivity contribution >= 4 is 72.3 Å². The first-order valence-corrected chi connectivity index (χ1v) is 13.0. The van der Waals surface area contributed by atoms with Gasteiger partial charge in [0, 0.05) is 25.0 Å². The van der Waals surface area contributed by atoms with Gasteiger partial charge in [0.15, 0.2) is 0 Å². The number of ether oxygens (including phenoxy) is 1. The second kappa shape index (κ2) is 8.99. The molecule has 0 saturated heterocycles. The van der Waals surface area contributed by atoms with Gasteiger partial charge in [-0.15, -0.1) is 16.4 Å². The zero-order valence-corrected chi connectivity index (χ0v) is 21.8. The summed E-state index contributed by atoms with van der Waals surface area (Å²) in [6.45, 7) is 4.55. The highest BCUT2D eigenvalue weighted by Crippen LogP contribution is 2.42. The van der Waals surface area contributed by atoms with E-state index in [0.29, 0.717) is 18.1 Å². The maximum absolute atomic E-state index is 13.3. The zero-order valence-electron chi connectivity index (χ0n) is 19.4. The number of halogens is 1. The molecular formula is C23H25ClN6O2S2. The van der Waals surface area contributed by atoms with Gasteiger partial charge in [0.05, 0.1) is 32.9 Å². The topological polar surface area (TPSA) is 93.1 Å². The van der Waals surface area contributed by atoms with E-state index in [1.807, 2.05) is 37.9 Å². The minimum absolute atomic E-state index is 0.0539. The number of fused-ring (bicyclic) bond motifs is 4. The molecule has 0 saturated carbocycles. The zero-order chi connectivity index (χ0) is 24.0. The summed E-state index contributed by atoms with van der Waals surface area (Å²) in [7, 11) is 3.53. The number of carbonyl (C=O) groups is 1. The Hall–Kier alpha value is -2.40. The van der Waals surface area contributed by atoms with Gasteiger partial charge in [0.1, 0.15) is 22.5 Å². The summed E-state index contributed by atoms with van der Waals surface area (Å²) in [5.41, 5.74) is 2.40. The van der Waals surface area contributed by atoms with Crippen molar-refractivity contribution in [1.82, 2.24) is 24.5 Å². The Bertz CT molecular complexity index is 1380. The molecule has 34 heavy (non-hydrogen) atoms. The minimum atomic E-state index is -0.358. The van der Waals surface area contributed by atoms with Crippen molar-refractivity contribution in [3.63, 3.8) is 0 Å². The molecule has 1 amide bonds. The van der Waals surface area contributed by atoms with Crippen LogP contribution in [-0.2, 0) is 22.4 Å². The molecule has 1 aromatic carbocycles. The number of amides is 1. The van der Waals surface area contributed by atoms with Crippen LogP contribution in [0.1, 0.15) is 30.7 Å². The lowest BCUT2D eigenvalue weighted by Gasteiger charge is -2.38. The van der Waals surface area contributed by atoms with E-state index in [0.717, 1.165) is 44.8 Å². The van der Waals surface area contributed by atoms with Crippen molar-refractivity contribution in [2.24, 2.45) is 5.92 Å². The van der Waals surface area contributed by atoms with Gasteiger partial charge in [-0.25, -0.2) is 9.97 Å². The number of thiophene rings is 1. The second-order valence-corrected chi connectivity index (χ2v) is 11.5. The lowest BCUT2D eigenvalue weighted by Crippen LogP contribution is -2.50. The monoisotopic (exact) mass is 516 g/mol. The van der Waals surface area contributed by atoms with Crippen molar-refractivity contribution in [3.05, 3.63) is 33.9 Å². The van der Waals surface area contributed by atoms with E-state index in [4.69, 9.17) is 16.3 Å². The van der Waals surface area contributed by atoms with Crippen LogP contribution in [0.4, 0.5) is 11.5 Å². The normalized spacial score (nSPS) is 16.1. The lowest BCUT2D eigenvalue weighted by molar-refractivity contribution is -0.141. The number of methoxy groups -OCH3 is 1. The smallest absolute Gasteiger partial charge is 0.226 e. The standard InChI is InChI=1S/C23H25ClN6O2S2/c1-23(2,10-32-4)30(3)22(31)12-5-6-13-17(7-12)33-21-19(13)20(25-11-26-21)27-15-9-18-16(8-14(15)24)28-29-34-18/h8-9,11-12H,5-7,10H2,1-4H3,(H,25,26,27)/t12-/m0/s1. The van der Waals surface area contributed by atoms with E-state index in [1.54, 1.807) is 24.8 Å². The fraction of sp³-hybridized carbons (Fsp3) is 0.435. The van der Waals surface area contributed by atoms with Gasteiger partial charge < -0.3 is 15.0 Å². The number of rotatable bonds is 6. The molecule has 1 N–H and O–H groups in total. The maximum atomic E-state index is 13.3. The minimum Gasteiger partial charge on any atom is -0.382 e. The SMILES string of the molecule is COCC(C)(C)N(C)C(=O)[C@H]1CCc2c(sc3ncnc(Nc4cc5snnc5cc4Cl)c23)C1. The summed E-state index contributed by atoms with van der Waals surface area (Å²) in [5, 5.41) is 9.06. The Morgan fingerprint density at radius 3 is 2.97 bits per heavy atom. The summed E-state index contributed by atoms with van der Waals surface area (Å²) in [4.78, 5) is 26.3. The number of nitrogens with zero attached hydrogens (tertiary/aromatic N) is 5. The number of hydrogen-bond donors (Lipinski definition) is 1. The van der Waals surface area contributed by atoms with Gasteiger partial charge in [-0.3, -0.25) is 4.79 Å². The molecule has 0 fully saturated rings. The van der Waals surface area contributed by atoms with Gasteiger partial charge in [-0.05, 0) is 62.3 Å². The Morgan fingerprint density at radius 2 is 2.18 bits per heavy atom. The first-order valence-electron chi connectivity index (χ1n) is 11.0. The molecule has 3 heterocycles. The number of hydrogen-bond acceptors (Lipinski definition) is 9. The predicted octanol–water partition coefficient (Wildman–Crippen LogP) is 5.08. The Balaban J connectivity index is 1.44. The van der Waals surface area contributed by atoms with Crippen LogP contribution in [0.15, 0.2) is 18.5 Å². The number of aryl methyl sites for hydroxylation is 1. The maximum Gasteiger partial charge on any atom is 0.226 e. The van der Waals surface area contributed by atoms with Gasteiger partial charge >= 0.3 is 0 Å². The van der Waals surface area contributed by atoms with Gasteiger partial charge in [-0.2, -0.15) is 0 Å². The molecule has 0 aliphatic heterocycles. The second-order valence-electron chi connectivity index (χ2n) is 9.19. The van der Waals surface area contributed by atoms with Crippen LogP contribution >= 0.6 is 34.5 Å². The summed E-state index contributed by atoms with van der Waals surface area (Å²) >= 11 is 9.47. The summed E-state index contributed by atoms with van der Waals surface area (Å²) in [5.74, 6) is 0.832. The Kier molecular flexibility index (Phi) is 6.18. The average molecular weight is 517 g/mol. The van der Waals surface area contributed by atoms with Crippen LogP contribution in [0.3, 0.4) is 0 Å². The number of carbonyl (C=O) groups excluding carboxylic acids is 1. The largest absolute Gasteiger partial charge is 0.382 e. The van der Waals surface area contributed by atoms with E-state index in [-0.39, 0.29) is 17.4 Å². The number of aromatic nitrogens is 4. The molecule has 3 aromatic heterocycles. The number of benzene rings is 1. The predicted molar refractivity (Wildman–Crippen MR) is 137 cm³/mol. The fourth-order valence-corrected chi connectivity index (χ4v) is 6.52. The highest BCUT2D eigenvalue weighted by atomic mass is 35.5. The number of likely N-dealkylation sites (N-methyl/N-ethyl adjacent to an activating group) is 1. The molecule has 0 bridgehead atoms. The van der Waals surface area contributed by atoms with E-state index in [2.05, 4.69) is 24.9 Å². The third-order valence-corrected chi connectivity index (χ3v) is 8.68. The van der Waals surface area contributed by atoms with Crippen molar-refractivity contribution < 1.29 is 9.53 Å². The van der Waals surface area contributed by atoms with Crippen LogP contribution in [-0.4, -0.2) is 56.7 Å². The first-order chi connectivity index (χ1) is 16.3. The molecule has 0 spiro atoms. The molecule has 1 aliphatic carbocycles. The van der Waals surface area contributed by atoms with E-state index in [1.165, 1.54) is 22.0 Å². The third-order valence-electron chi connectivity index (χ3n) is 6.52. The third kappa shape index (κ3) is 4.13. The molecule has 0 radical (unpaired) electrons. The van der Waals surface area contributed by atoms with E-state index >= 15 is 0 Å². The van der Waals surface area contributed by atoms with Crippen LogP contribution in [0.2, 0.25) is 5.02 Å². The van der Waals surface area contributed by atoms with Crippen molar-refractivity contribution in [2.75, 3.05) is 26.1 Å². The van der Waals surface area contributed by atoms with Crippen LogP contribution in [0, 0.1) is 5.92 Å². The summed E-state index contributed by atoms with van der Waals surface area (Å²) in [6.07, 6.45) is 3.87. The molecule has 0 unspecified atom stereocenters. The molecule has 1 aliphatic rings. The van der Waals surface area contributed by atoms with Crippen LogP contribution in [0.25, 0.3) is 20.4 Å². The first kappa shape index (κ1) is 23.3. The van der Waals surface area contributed by atoms with Gasteiger partial charge in [0.2, 0.25) is 5.91 Å². The average Bonchev–Trinajstić information content (AvgIpc) is 3.41. The van der Waals surface area contributed by atoms with Crippen LogP contribution < -0.4 is 5.32 Å². The molecular weight excluding hydrogens is 492 g/mol. The summed E-state index contributed by atoms with van der Waals surface area (Å²) in [6, 6.07) is 3.75. The molecule has 11 heteroatoms. The Labute approximate surface area is 210 Å². The molecule has 1 atom stereocenters.